The van der Waals surface area contributed by atoms with Crippen LogP contribution in [-0.4, -0.2) is 52.7 Å². The summed E-state index contributed by atoms with van der Waals surface area (Å²) in [4.78, 5) is 19.5. The van der Waals surface area contributed by atoms with Crippen LogP contribution in [-0.2, 0) is 6.61 Å². The quantitative estimate of drug-likeness (QED) is 0.235. The van der Waals surface area contributed by atoms with Crippen LogP contribution in [0.1, 0.15) is 36.2 Å². The molecule has 11 heteroatoms. The van der Waals surface area contributed by atoms with Crippen molar-refractivity contribution in [1.82, 2.24) is 9.29 Å². The van der Waals surface area contributed by atoms with E-state index in [1.165, 1.54) is 25.3 Å². The molecule has 1 aromatic heterocycles. The Hall–Kier alpha value is -2.89. The van der Waals surface area contributed by atoms with Crippen LogP contribution in [0.3, 0.4) is 0 Å². The van der Waals surface area contributed by atoms with Crippen molar-refractivity contribution >= 4 is 41.1 Å². The predicted molar refractivity (Wildman–Crippen MR) is 147 cm³/mol. The van der Waals surface area contributed by atoms with Crippen LogP contribution in [0.25, 0.3) is 0 Å². The zero-order chi connectivity index (χ0) is 27.9. The lowest BCUT2D eigenvalue weighted by molar-refractivity contribution is 0.0181. The van der Waals surface area contributed by atoms with Gasteiger partial charge in [-0.05, 0) is 74.6 Å². The summed E-state index contributed by atoms with van der Waals surface area (Å²) < 4.78 is 44.6. The summed E-state index contributed by atoms with van der Waals surface area (Å²) in [5, 5.41) is 9.40. The number of pyridine rings is 1. The van der Waals surface area contributed by atoms with Gasteiger partial charge in [0, 0.05) is 43.2 Å². The number of hydrogen-bond donors (Lipinski definition) is 1. The van der Waals surface area contributed by atoms with Gasteiger partial charge < -0.3 is 14.7 Å². The molecule has 0 spiro atoms. The van der Waals surface area contributed by atoms with Gasteiger partial charge in [0.25, 0.3) is 0 Å². The van der Waals surface area contributed by atoms with Gasteiger partial charge in [0.2, 0.25) is 5.92 Å². The zero-order valence-electron chi connectivity index (χ0n) is 21.6. The van der Waals surface area contributed by atoms with Gasteiger partial charge >= 0.3 is 5.97 Å². The number of alkyl halides is 2. The Morgan fingerprint density at radius 3 is 2.50 bits per heavy atom. The number of aromatic carboxylic acids is 1. The monoisotopic (exact) mass is 565 g/mol. The molecular weight excluding hydrogens is 535 g/mol. The fourth-order valence-corrected chi connectivity index (χ4v) is 4.93. The minimum absolute atomic E-state index is 0.0625. The summed E-state index contributed by atoms with van der Waals surface area (Å²) in [6.45, 7) is 4.07. The number of carboxylic acids is 1. The van der Waals surface area contributed by atoms with Crippen molar-refractivity contribution in [2.24, 2.45) is 0 Å². The van der Waals surface area contributed by atoms with E-state index < -0.39 is 11.9 Å². The lowest BCUT2D eigenvalue weighted by Gasteiger charge is -2.25. The number of carbonyl (C=O) groups is 1. The third-order valence-electron chi connectivity index (χ3n) is 5.71. The van der Waals surface area contributed by atoms with Crippen molar-refractivity contribution in [3.8, 4) is 5.75 Å². The van der Waals surface area contributed by atoms with Crippen LogP contribution in [0.5, 0.6) is 5.75 Å². The number of thioether (sulfide) groups is 1. The molecule has 0 unspecified atom stereocenters. The SMILES string of the molecule is CCC(C)(F)F.CSc1cc2c(cc1OCc1ccncc1C(=O)O)SN(C)CCN2c1ccc(F)cc1. The van der Waals surface area contributed by atoms with Crippen LogP contribution in [0.4, 0.5) is 24.5 Å². The molecule has 0 amide bonds. The molecule has 0 aliphatic carbocycles. The van der Waals surface area contributed by atoms with E-state index in [9.17, 15) is 23.1 Å². The van der Waals surface area contributed by atoms with Crippen molar-refractivity contribution < 1.29 is 27.8 Å². The molecule has 0 radical (unpaired) electrons. The molecule has 2 aromatic carbocycles. The van der Waals surface area contributed by atoms with E-state index in [-0.39, 0.29) is 24.4 Å². The van der Waals surface area contributed by atoms with Crippen molar-refractivity contribution in [1.29, 1.82) is 0 Å². The summed E-state index contributed by atoms with van der Waals surface area (Å²) in [6, 6.07) is 12.2. The molecule has 2 heterocycles. The number of anilines is 2. The molecule has 0 saturated heterocycles. The molecule has 6 nitrogen and oxygen atoms in total. The third-order valence-corrected chi connectivity index (χ3v) is 7.49. The van der Waals surface area contributed by atoms with E-state index in [1.54, 1.807) is 48.1 Å². The molecule has 0 atom stereocenters. The van der Waals surface area contributed by atoms with E-state index in [0.717, 1.165) is 41.2 Å². The summed E-state index contributed by atoms with van der Waals surface area (Å²) in [5.41, 5.74) is 2.64. The largest absolute Gasteiger partial charge is 0.488 e. The Labute approximate surface area is 229 Å². The van der Waals surface area contributed by atoms with Crippen molar-refractivity contribution in [2.75, 3.05) is 31.3 Å². The van der Waals surface area contributed by atoms with E-state index in [4.69, 9.17) is 4.74 Å². The number of carboxylic acid groups (broad SMARTS) is 1. The molecule has 1 aliphatic rings. The first-order valence-electron chi connectivity index (χ1n) is 11.8. The van der Waals surface area contributed by atoms with Crippen LogP contribution < -0.4 is 9.64 Å². The molecule has 38 heavy (non-hydrogen) atoms. The molecule has 4 rings (SSSR count). The molecule has 0 saturated carbocycles. The first-order chi connectivity index (χ1) is 18.0. The summed E-state index contributed by atoms with van der Waals surface area (Å²) in [6.07, 6.45) is 4.80. The van der Waals surface area contributed by atoms with Crippen LogP contribution in [0, 0.1) is 5.82 Å². The first kappa shape index (κ1) is 29.7. The Bertz CT molecular complexity index is 1240. The van der Waals surface area contributed by atoms with Crippen molar-refractivity contribution in [3.05, 3.63) is 71.8 Å². The topological polar surface area (TPSA) is 65.9 Å². The highest BCUT2D eigenvalue weighted by atomic mass is 32.2. The molecular formula is C27H30F3N3O3S2. The molecule has 3 aromatic rings. The second kappa shape index (κ2) is 13.3. The summed E-state index contributed by atoms with van der Waals surface area (Å²) >= 11 is 3.18. The number of nitrogens with zero attached hydrogens (tertiary/aromatic N) is 3. The van der Waals surface area contributed by atoms with Crippen LogP contribution in [0.2, 0.25) is 0 Å². The van der Waals surface area contributed by atoms with E-state index >= 15 is 0 Å². The normalized spacial score (nSPS) is 13.7. The molecule has 0 bridgehead atoms. The van der Waals surface area contributed by atoms with Gasteiger partial charge in [-0.1, -0.05) is 6.92 Å². The van der Waals surface area contributed by atoms with Crippen LogP contribution in [0.15, 0.2) is 64.6 Å². The van der Waals surface area contributed by atoms with Gasteiger partial charge in [0.15, 0.2) is 0 Å². The van der Waals surface area contributed by atoms with Gasteiger partial charge in [-0.25, -0.2) is 22.3 Å². The maximum absolute atomic E-state index is 13.5. The number of rotatable bonds is 7. The number of benzene rings is 2. The van der Waals surface area contributed by atoms with Gasteiger partial charge in [0.1, 0.15) is 18.2 Å². The third kappa shape index (κ3) is 8.05. The van der Waals surface area contributed by atoms with Gasteiger partial charge in [0.05, 0.1) is 21.0 Å². The highest BCUT2D eigenvalue weighted by molar-refractivity contribution is 7.98. The Balaban J connectivity index is 0.000000599. The fourth-order valence-electron chi connectivity index (χ4n) is 3.45. The Morgan fingerprint density at radius 2 is 1.89 bits per heavy atom. The van der Waals surface area contributed by atoms with E-state index in [2.05, 4.69) is 20.3 Å². The van der Waals surface area contributed by atoms with Crippen molar-refractivity contribution in [2.45, 2.75) is 42.6 Å². The molecule has 0 fully saturated rings. The van der Waals surface area contributed by atoms with Crippen LogP contribution >= 0.6 is 23.7 Å². The van der Waals surface area contributed by atoms with E-state index in [0.29, 0.717) is 11.3 Å². The minimum Gasteiger partial charge on any atom is -0.488 e. The smallest absolute Gasteiger partial charge is 0.337 e. The summed E-state index contributed by atoms with van der Waals surface area (Å²) in [7, 11) is 2.03. The number of ether oxygens (including phenoxy) is 1. The van der Waals surface area contributed by atoms with Gasteiger partial charge in [-0.2, -0.15) is 0 Å². The predicted octanol–water partition coefficient (Wildman–Crippen LogP) is 7.36. The lowest BCUT2D eigenvalue weighted by atomic mass is 10.1. The average molecular weight is 566 g/mol. The molecule has 1 aliphatic heterocycles. The highest BCUT2D eigenvalue weighted by Crippen LogP contribution is 2.44. The fraction of sp³-hybridized carbons (Fsp3) is 0.333. The van der Waals surface area contributed by atoms with Gasteiger partial charge in [-0.15, -0.1) is 11.8 Å². The lowest BCUT2D eigenvalue weighted by Crippen LogP contribution is -2.24. The second-order valence-corrected chi connectivity index (χ2v) is 10.7. The number of likely N-dealkylation sites (N-methyl/N-ethyl adjacent to an activating group) is 1. The Kier molecular flexibility index (Phi) is 10.3. The Morgan fingerprint density at radius 1 is 1.21 bits per heavy atom. The average Bonchev–Trinajstić information content (AvgIpc) is 3.05. The number of fused-ring (bicyclic) bond motifs is 1. The maximum Gasteiger partial charge on any atom is 0.337 e. The molecule has 1 N–H and O–H groups in total. The summed E-state index contributed by atoms with van der Waals surface area (Å²) in [5.74, 6) is -3.07. The van der Waals surface area contributed by atoms with Crippen molar-refractivity contribution in [3.63, 3.8) is 0 Å². The highest BCUT2D eigenvalue weighted by Gasteiger charge is 2.23. The number of aromatic nitrogens is 1. The first-order valence-corrected chi connectivity index (χ1v) is 13.8. The standard InChI is InChI=1S/C23H22FN3O3S2.C4H8F2/c1-26-9-10-27(17-5-3-16(24)4-6-17)19-11-22(31-2)20(12-21(19)32-26)30-14-15-7-8-25-13-18(15)23(28)29;1-3-4(2,5)6/h3-8,11-13H,9-10,14H2,1-2H3,(H,28,29);3H2,1-2H3. The molecule has 204 valence electrons. The minimum atomic E-state index is -2.46. The van der Waals surface area contributed by atoms with Gasteiger partial charge in [-0.3, -0.25) is 4.98 Å². The number of hydrogen-bond acceptors (Lipinski definition) is 7. The maximum atomic E-state index is 13.5. The number of halogens is 3. The van der Waals surface area contributed by atoms with E-state index in [1.807, 2.05) is 19.4 Å². The zero-order valence-corrected chi connectivity index (χ0v) is 23.2. The second-order valence-electron chi connectivity index (χ2n) is 8.59.